The molecule has 1 radical (unpaired) electrons. The van der Waals surface area contributed by atoms with Crippen LogP contribution in [0, 0.1) is 6.42 Å². The van der Waals surface area contributed by atoms with E-state index in [9.17, 15) is 0 Å². The molecule has 11 heavy (non-hydrogen) atoms. The van der Waals surface area contributed by atoms with Gasteiger partial charge < -0.3 is 0 Å². The minimum absolute atomic E-state index is 1.22. The van der Waals surface area contributed by atoms with Crippen molar-refractivity contribution in [3.8, 4) is 0 Å². The quantitative estimate of drug-likeness (QED) is 0.537. The summed E-state index contributed by atoms with van der Waals surface area (Å²) in [7, 11) is 0. The van der Waals surface area contributed by atoms with E-state index in [1.54, 1.807) is 5.57 Å². The second-order valence-corrected chi connectivity index (χ2v) is 3.36. The van der Waals surface area contributed by atoms with Gasteiger partial charge in [-0.15, -0.1) is 0 Å². The van der Waals surface area contributed by atoms with Gasteiger partial charge in [0, 0.05) is 0 Å². The van der Waals surface area contributed by atoms with Crippen LogP contribution in [-0.4, -0.2) is 0 Å². The van der Waals surface area contributed by atoms with Crippen molar-refractivity contribution < 1.29 is 0 Å². The Balaban J connectivity index is 2.23. The fourth-order valence-electron chi connectivity index (χ4n) is 1.60. The average molecular weight is 151 g/mol. The van der Waals surface area contributed by atoms with Gasteiger partial charge in [-0.2, -0.15) is 0 Å². The van der Waals surface area contributed by atoms with Crippen LogP contribution in [0.4, 0.5) is 0 Å². The van der Waals surface area contributed by atoms with Gasteiger partial charge in [-0.05, 0) is 38.5 Å². The number of rotatable bonds is 3. The SMILES string of the molecule is CC[CH]CC1=CCCCCC1. The Hall–Kier alpha value is -0.260. The molecule has 1 aliphatic carbocycles. The molecule has 0 fully saturated rings. The minimum atomic E-state index is 1.22. The Morgan fingerprint density at radius 1 is 1.36 bits per heavy atom. The molecule has 0 N–H and O–H groups in total. The van der Waals surface area contributed by atoms with Crippen LogP contribution in [0.15, 0.2) is 11.6 Å². The molecule has 0 aliphatic heterocycles. The van der Waals surface area contributed by atoms with Gasteiger partial charge in [-0.25, -0.2) is 0 Å². The van der Waals surface area contributed by atoms with Crippen LogP contribution in [0.2, 0.25) is 0 Å². The lowest BCUT2D eigenvalue weighted by atomic mass is 10.0. The lowest BCUT2D eigenvalue weighted by Crippen LogP contribution is -1.83. The lowest BCUT2D eigenvalue weighted by molar-refractivity contribution is 0.705. The number of unbranched alkanes of at least 4 members (excludes halogenated alkanes) is 1. The van der Waals surface area contributed by atoms with E-state index >= 15 is 0 Å². The highest BCUT2D eigenvalue weighted by Gasteiger charge is 2.01. The van der Waals surface area contributed by atoms with E-state index in [-0.39, 0.29) is 0 Å². The standard InChI is InChI=1S/C11H19/c1-2-3-8-11-9-6-4-5-7-10-11/h3,9H,2,4-8,10H2,1H3. The first-order valence-electron chi connectivity index (χ1n) is 4.93. The molecule has 0 aromatic heterocycles. The van der Waals surface area contributed by atoms with Gasteiger partial charge in [-0.1, -0.05) is 31.4 Å². The van der Waals surface area contributed by atoms with Gasteiger partial charge in [0.2, 0.25) is 0 Å². The molecular formula is C11H19. The van der Waals surface area contributed by atoms with Crippen molar-refractivity contribution in [2.24, 2.45) is 0 Å². The summed E-state index contributed by atoms with van der Waals surface area (Å²) in [6, 6.07) is 0. The average Bonchev–Trinajstić information content (AvgIpc) is 2.28. The van der Waals surface area contributed by atoms with E-state index in [0.717, 1.165) is 0 Å². The first-order chi connectivity index (χ1) is 5.43. The highest BCUT2D eigenvalue weighted by Crippen LogP contribution is 2.20. The predicted molar refractivity (Wildman–Crippen MR) is 50.4 cm³/mol. The van der Waals surface area contributed by atoms with E-state index in [4.69, 9.17) is 0 Å². The number of hydrogen-bond acceptors (Lipinski definition) is 0. The maximum Gasteiger partial charge on any atom is -0.0289 e. The molecule has 0 heteroatoms. The van der Waals surface area contributed by atoms with Crippen LogP contribution in [-0.2, 0) is 0 Å². The maximum atomic E-state index is 2.46. The van der Waals surface area contributed by atoms with Crippen LogP contribution in [0.5, 0.6) is 0 Å². The summed E-state index contributed by atoms with van der Waals surface area (Å²) in [4.78, 5) is 0. The summed E-state index contributed by atoms with van der Waals surface area (Å²) >= 11 is 0. The summed E-state index contributed by atoms with van der Waals surface area (Å²) < 4.78 is 0. The Labute approximate surface area is 70.7 Å². The first-order valence-corrected chi connectivity index (χ1v) is 4.93. The molecule has 0 unspecified atom stereocenters. The van der Waals surface area contributed by atoms with Crippen molar-refractivity contribution >= 4 is 0 Å². The monoisotopic (exact) mass is 151 g/mol. The molecule has 0 bridgehead atoms. The molecule has 0 amide bonds. The minimum Gasteiger partial charge on any atom is -0.0853 e. The van der Waals surface area contributed by atoms with E-state index in [1.165, 1.54) is 44.9 Å². The number of allylic oxidation sites excluding steroid dienone is 2. The molecular weight excluding hydrogens is 132 g/mol. The summed E-state index contributed by atoms with van der Waals surface area (Å²) in [5.74, 6) is 0. The van der Waals surface area contributed by atoms with Crippen LogP contribution in [0.1, 0.15) is 51.9 Å². The summed E-state index contributed by atoms with van der Waals surface area (Å²) in [5, 5.41) is 0. The molecule has 0 aromatic rings. The van der Waals surface area contributed by atoms with E-state index < -0.39 is 0 Å². The maximum absolute atomic E-state index is 2.46. The summed E-state index contributed by atoms with van der Waals surface area (Å²) in [6.45, 7) is 2.22. The van der Waals surface area contributed by atoms with Crippen molar-refractivity contribution in [2.45, 2.75) is 51.9 Å². The zero-order chi connectivity index (χ0) is 7.94. The van der Waals surface area contributed by atoms with Gasteiger partial charge in [0.25, 0.3) is 0 Å². The van der Waals surface area contributed by atoms with E-state index in [0.29, 0.717) is 0 Å². The second-order valence-electron chi connectivity index (χ2n) is 3.36. The van der Waals surface area contributed by atoms with Gasteiger partial charge in [0.1, 0.15) is 0 Å². The highest BCUT2D eigenvalue weighted by molar-refractivity contribution is 5.06. The van der Waals surface area contributed by atoms with Crippen molar-refractivity contribution in [1.29, 1.82) is 0 Å². The smallest absolute Gasteiger partial charge is 0.0289 e. The molecule has 0 spiro atoms. The zero-order valence-corrected chi connectivity index (χ0v) is 7.60. The fourth-order valence-corrected chi connectivity index (χ4v) is 1.60. The topological polar surface area (TPSA) is 0 Å². The molecule has 63 valence electrons. The molecule has 0 aromatic carbocycles. The molecule has 0 heterocycles. The third-order valence-electron chi connectivity index (χ3n) is 2.33. The van der Waals surface area contributed by atoms with Gasteiger partial charge in [-0.3, -0.25) is 0 Å². The fraction of sp³-hybridized carbons (Fsp3) is 0.727. The normalized spacial score (nSPS) is 19.2. The van der Waals surface area contributed by atoms with E-state index in [1.807, 2.05) is 0 Å². The Morgan fingerprint density at radius 2 is 2.27 bits per heavy atom. The Kier molecular flexibility index (Phi) is 4.33. The zero-order valence-electron chi connectivity index (χ0n) is 7.60. The van der Waals surface area contributed by atoms with Crippen LogP contribution < -0.4 is 0 Å². The molecule has 0 atom stereocenters. The molecule has 1 rings (SSSR count). The molecule has 0 saturated heterocycles. The number of hydrogen-bond donors (Lipinski definition) is 0. The lowest BCUT2D eigenvalue weighted by Gasteiger charge is -2.02. The summed E-state index contributed by atoms with van der Waals surface area (Å²) in [6.07, 6.45) is 14.3. The summed E-state index contributed by atoms with van der Waals surface area (Å²) in [5.41, 5.74) is 1.68. The van der Waals surface area contributed by atoms with Gasteiger partial charge >= 0.3 is 0 Å². The predicted octanol–water partition coefficient (Wildman–Crippen LogP) is 3.88. The van der Waals surface area contributed by atoms with E-state index in [2.05, 4.69) is 19.4 Å². The Morgan fingerprint density at radius 3 is 3.09 bits per heavy atom. The highest BCUT2D eigenvalue weighted by atomic mass is 14.1. The largest absolute Gasteiger partial charge is 0.0853 e. The molecule has 1 aliphatic rings. The Bertz CT molecular complexity index is 122. The third kappa shape index (κ3) is 3.60. The van der Waals surface area contributed by atoms with Crippen LogP contribution >= 0.6 is 0 Å². The van der Waals surface area contributed by atoms with Crippen molar-refractivity contribution in [3.63, 3.8) is 0 Å². The third-order valence-corrected chi connectivity index (χ3v) is 2.33. The first kappa shape index (κ1) is 8.83. The molecule has 0 nitrogen and oxygen atoms in total. The van der Waals surface area contributed by atoms with Crippen LogP contribution in [0.3, 0.4) is 0 Å². The second kappa shape index (κ2) is 5.40. The molecule has 0 saturated carbocycles. The van der Waals surface area contributed by atoms with Crippen LogP contribution in [0.25, 0.3) is 0 Å². The van der Waals surface area contributed by atoms with Crippen molar-refractivity contribution in [1.82, 2.24) is 0 Å². The van der Waals surface area contributed by atoms with Crippen molar-refractivity contribution in [3.05, 3.63) is 18.1 Å². The van der Waals surface area contributed by atoms with Gasteiger partial charge in [0.15, 0.2) is 0 Å². The van der Waals surface area contributed by atoms with Crippen molar-refractivity contribution in [2.75, 3.05) is 0 Å². The van der Waals surface area contributed by atoms with Gasteiger partial charge in [0.05, 0.1) is 0 Å².